The summed E-state index contributed by atoms with van der Waals surface area (Å²) in [5.41, 5.74) is 4.91. The second kappa shape index (κ2) is 7.87. The normalized spacial score (nSPS) is 12.7. The van der Waals surface area contributed by atoms with E-state index in [1.54, 1.807) is 12.3 Å². The predicted molar refractivity (Wildman–Crippen MR) is 105 cm³/mol. The molecule has 0 spiro atoms. The lowest BCUT2D eigenvalue weighted by Crippen LogP contribution is -2.28. The molecule has 0 radical (unpaired) electrons. The van der Waals surface area contributed by atoms with Crippen LogP contribution in [0.2, 0.25) is 0 Å². The summed E-state index contributed by atoms with van der Waals surface area (Å²) in [5.74, 6) is 0.527. The average molecular weight is 345 g/mol. The van der Waals surface area contributed by atoms with Gasteiger partial charge in [0.05, 0.1) is 17.9 Å². The van der Waals surface area contributed by atoms with Crippen molar-refractivity contribution in [3.05, 3.63) is 94.9 Å². The first-order valence-corrected chi connectivity index (χ1v) is 8.73. The zero-order valence-electron chi connectivity index (χ0n) is 15.3. The van der Waals surface area contributed by atoms with E-state index in [1.165, 1.54) is 11.1 Å². The van der Waals surface area contributed by atoms with Gasteiger partial charge in [-0.1, -0.05) is 54.1 Å². The zero-order chi connectivity index (χ0) is 18.5. The van der Waals surface area contributed by atoms with Crippen LogP contribution in [0.15, 0.2) is 71.3 Å². The van der Waals surface area contributed by atoms with Gasteiger partial charge in [-0.05, 0) is 55.7 Å². The van der Waals surface area contributed by atoms with Gasteiger partial charge in [-0.25, -0.2) is 0 Å². The molecule has 3 rings (SSSR count). The van der Waals surface area contributed by atoms with E-state index in [-0.39, 0.29) is 11.9 Å². The number of carbonyl (C=O) groups is 1. The van der Waals surface area contributed by atoms with E-state index in [1.807, 2.05) is 49.4 Å². The summed E-state index contributed by atoms with van der Waals surface area (Å²) in [4.78, 5) is 13.0. The fourth-order valence-corrected chi connectivity index (χ4v) is 2.99. The molecule has 0 fully saturated rings. The van der Waals surface area contributed by atoms with Crippen LogP contribution in [-0.4, -0.2) is 5.91 Å². The molecule has 1 aromatic heterocycles. The summed E-state index contributed by atoms with van der Waals surface area (Å²) in [5, 5.41) is 3.13. The molecule has 0 unspecified atom stereocenters. The minimum atomic E-state index is -0.124. The highest BCUT2D eigenvalue weighted by Crippen LogP contribution is 2.23. The molecular formula is C23H23NO2. The van der Waals surface area contributed by atoms with Gasteiger partial charge in [0.25, 0.3) is 5.91 Å². The quantitative estimate of drug-likeness (QED) is 0.636. The Balaban J connectivity index is 1.90. The van der Waals surface area contributed by atoms with Crippen LogP contribution < -0.4 is 5.32 Å². The molecule has 3 heteroatoms. The fourth-order valence-electron chi connectivity index (χ4n) is 2.99. The Labute approximate surface area is 154 Å². The van der Waals surface area contributed by atoms with E-state index < -0.39 is 0 Å². The van der Waals surface area contributed by atoms with E-state index >= 15 is 0 Å². The lowest BCUT2D eigenvalue weighted by atomic mass is 9.98. The molecule has 1 heterocycles. The summed E-state index contributed by atoms with van der Waals surface area (Å²) in [6.45, 7) is 6.13. The van der Waals surface area contributed by atoms with Gasteiger partial charge in [-0.2, -0.15) is 0 Å². The van der Waals surface area contributed by atoms with Crippen molar-refractivity contribution in [2.75, 3.05) is 0 Å². The lowest BCUT2D eigenvalue weighted by molar-refractivity contribution is -0.116. The standard InChI is InChI=1S/C23H23NO2/c1-16-11-12-17(2)21(14-16)18(3)24-23(25)22(15-20-10-7-13-26-20)19-8-5-4-6-9-19/h4-15,18H,1-3H3,(H,24,25)/b22-15+/t18-/m0/s1. The monoisotopic (exact) mass is 345 g/mol. The van der Waals surface area contributed by atoms with Crippen molar-refractivity contribution in [1.29, 1.82) is 0 Å². The Bertz CT molecular complexity index is 909. The van der Waals surface area contributed by atoms with E-state index in [0.717, 1.165) is 11.1 Å². The van der Waals surface area contributed by atoms with Crippen molar-refractivity contribution < 1.29 is 9.21 Å². The molecule has 0 aliphatic heterocycles. The maximum absolute atomic E-state index is 13.0. The number of furan rings is 1. The van der Waals surface area contributed by atoms with E-state index in [0.29, 0.717) is 11.3 Å². The van der Waals surface area contributed by atoms with Crippen LogP contribution >= 0.6 is 0 Å². The summed E-state index contributed by atoms with van der Waals surface area (Å²) < 4.78 is 5.40. The van der Waals surface area contributed by atoms with Gasteiger partial charge in [0.2, 0.25) is 0 Å². The maximum atomic E-state index is 13.0. The first kappa shape index (κ1) is 17.7. The highest BCUT2D eigenvalue weighted by Gasteiger charge is 2.17. The number of nitrogens with one attached hydrogen (secondary N) is 1. The molecule has 1 N–H and O–H groups in total. The van der Waals surface area contributed by atoms with Crippen LogP contribution in [0.1, 0.15) is 41.0 Å². The third-order valence-electron chi connectivity index (χ3n) is 4.41. The van der Waals surface area contributed by atoms with Gasteiger partial charge in [0, 0.05) is 0 Å². The van der Waals surface area contributed by atoms with Crippen LogP contribution in [0.3, 0.4) is 0 Å². The fraction of sp³-hybridized carbons (Fsp3) is 0.174. The van der Waals surface area contributed by atoms with Gasteiger partial charge in [-0.15, -0.1) is 0 Å². The van der Waals surface area contributed by atoms with E-state index in [4.69, 9.17) is 4.42 Å². The largest absolute Gasteiger partial charge is 0.465 e. The summed E-state index contributed by atoms with van der Waals surface area (Å²) in [6.07, 6.45) is 3.38. The second-order valence-corrected chi connectivity index (χ2v) is 6.49. The Kier molecular flexibility index (Phi) is 5.37. The molecule has 0 aliphatic carbocycles. The molecule has 3 aromatic rings. The molecule has 132 valence electrons. The zero-order valence-corrected chi connectivity index (χ0v) is 15.3. The molecule has 0 aliphatic rings. The highest BCUT2D eigenvalue weighted by molar-refractivity contribution is 6.24. The highest BCUT2D eigenvalue weighted by atomic mass is 16.3. The number of rotatable bonds is 5. The van der Waals surface area contributed by atoms with Gasteiger partial charge in [0.15, 0.2) is 0 Å². The molecule has 3 nitrogen and oxygen atoms in total. The summed E-state index contributed by atoms with van der Waals surface area (Å²) in [6, 6.07) is 19.5. The van der Waals surface area contributed by atoms with Gasteiger partial charge < -0.3 is 9.73 Å². The minimum absolute atomic E-state index is 0.0916. The van der Waals surface area contributed by atoms with E-state index in [2.05, 4.69) is 37.4 Å². The minimum Gasteiger partial charge on any atom is -0.465 e. The first-order valence-electron chi connectivity index (χ1n) is 8.73. The Morgan fingerprint density at radius 3 is 2.50 bits per heavy atom. The van der Waals surface area contributed by atoms with Crippen LogP contribution in [0, 0.1) is 13.8 Å². The van der Waals surface area contributed by atoms with Crippen LogP contribution in [0.25, 0.3) is 11.6 Å². The van der Waals surface area contributed by atoms with Crippen molar-refractivity contribution in [1.82, 2.24) is 5.32 Å². The van der Waals surface area contributed by atoms with Gasteiger partial charge >= 0.3 is 0 Å². The third-order valence-corrected chi connectivity index (χ3v) is 4.41. The Morgan fingerprint density at radius 2 is 1.81 bits per heavy atom. The third kappa shape index (κ3) is 4.12. The first-order chi connectivity index (χ1) is 12.5. The maximum Gasteiger partial charge on any atom is 0.252 e. The SMILES string of the molecule is Cc1ccc(C)c([C@H](C)NC(=O)/C(=C/c2ccco2)c2ccccc2)c1. The lowest BCUT2D eigenvalue weighted by Gasteiger charge is -2.18. The number of aryl methyl sites for hydroxylation is 2. The Morgan fingerprint density at radius 1 is 1.04 bits per heavy atom. The van der Waals surface area contributed by atoms with Gasteiger partial charge in [-0.3, -0.25) is 4.79 Å². The molecular weight excluding hydrogens is 322 g/mol. The van der Waals surface area contributed by atoms with Crippen molar-refractivity contribution in [2.45, 2.75) is 26.8 Å². The number of benzene rings is 2. The van der Waals surface area contributed by atoms with Crippen molar-refractivity contribution in [2.24, 2.45) is 0 Å². The van der Waals surface area contributed by atoms with Crippen LogP contribution in [0.5, 0.6) is 0 Å². The summed E-state index contributed by atoms with van der Waals surface area (Å²) >= 11 is 0. The smallest absolute Gasteiger partial charge is 0.252 e. The van der Waals surface area contributed by atoms with Gasteiger partial charge in [0.1, 0.15) is 5.76 Å². The molecule has 0 bridgehead atoms. The van der Waals surface area contributed by atoms with E-state index in [9.17, 15) is 4.79 Å². The molecule has 1 atom stereocenters. The Hall–Kier alpha value is -3.07. The molecule has 0 saturated carbocycles. The van der Waals surface area contributed by atoms with Crippen molar-refractivity contribution >= 4 is 17.6 Å². The molecule has 0 saturated heterocycles. The summed E-state index contributed by atoms with van der Waals surface area (Å²) in [7, 11) is 0. The van der Waals surface area contributed by atoms with Crippen LogP contribution in [-0.2, 0) is 4.79 Å². The predicted octanol–water partition coefficient (Wildman–Crippen LogP) is 5.31. The average Bonchev–Trinajstić information content (AvgIpc) is 3.15. The number of hydrogen-bond donors (Lipinski definition) is 1. The molecule has 26 heavy (non-hydrogen) atoms. The molecule has 1 amide bonds. The molecule has 2 aromatic carbocycles. The number of amides is 1. The second-order valence-electron chi connectivity index (χ2n) is 6.49. The van der Waals surface area contributed by atoms with Crippen LogP contribution in [0.4, 0.5) is 0 Å². The van der Waals surface area contributed by atoms with Crippen molar-refractivity contribution in [3.63, 3.8) is 0 Å². The number of hydrogen-bond acceptors (Lipinski definition) is 2. The number of carbonyl (C=O) groups excluding carboxylic acids is 1. The topological polar surface area (TPSA) is 42.2 Å². The van der Waals surface area contributed by atoms with Crippen molar-refractivity contribution in [3.8, 4) is 0 Å².